The van der Waals surface area contributed by atoms with E-state index in [0.29, 0.717) is 17.9 Å². The molecular weight excluding hydrogens is 306 g/mol. The van der Waals surface area contributed by atoms with E-state index in [9.17, 15) is 14.7 Å². The van der Waals surface area contributed by atoms with E-state index in [-0.39, 0.29) is 24.3 Å². The fourth-order valence-corrected chi connectivity index (χ4v) is 2.93. The lowest BCUT2D eigenvalue weighted by atomic mass is 9.93. The molecule has 1 aliphatic rings. The van der Waals surface area contributed by atoms with Crippen molar-refractivity contribution in [1.82, 2.24) is 4.98 Å². The van der Waals surface area contributed by atoms with Crippen LogP contribution in [-0.4, -0.2) is 35.1 Å². The number of carbonyl (C=O) groups is 2. The summed E-state index contributed by atoms with van der Waals surface area (Å²) in [5.74, 6) is -0.385. The highest BCUT2D eigenvalue weighted by molar-refractivity contribution is 6.05. The van der Waals surface area contributed by atoms with Crippen LogP contribution in [0.2, 0.25) is 0 Å². The molecule has 1 aliphatic heterocycles. The Labute approximate surface area is 140 Å². The molecule has 24 heavy (non-hydrogen) atoms. The van der Waals surface area contributed by atoms with Crippen LogP contribution in [0.1, 0.15) is 23.0 Å². The standard InChI is InChI=1S/C18H19N3O3/c1-12(23)20-15-6-7-16(19-9-15)18(24)21-10-13(11-22)8-14-4-2-3-5-17(14)21/h2-7,9,13,22H,8,10-11H2,1H3,(H,20,23). The number of hydrogen-bond donors (Lipinski definition) is 2. The molecular formula is C18H19N3O3. The van der Waals surface area contributed by atoms with Gasteiger partial charge in [0.25, 0.3) is 5.91 Å². The number of anilines is 2. The van der Waals surface area contributed by atoms with Crippen molar-refractivity contribution in [2.24, 2.45) is 5.92 Å². The third kappa shape index (κ3) is 3.28. The van der Waals surface area contributed by atoms with Crippen molar-refractivity contribution in [2.45, 2.75) is 13.3 Å². The molecule has 3 rings (SSSR count). The normalized spacial score (nSPS) is 16.4. The number of fused-ring (bicyclic) bond motifs is 1. The number of pyridine rings is 1. The van der Waals surface area contributed by atoms with Gasteiger partial charge < -0.3 is 15.3 Å². The maximum atomic E-state index is 12.9. The van der Waals surface area contributed by atoms with Crippen molar-refractivity contribution in [3.63, 3.8) is 0 Å². The van der Waals surface area contributed by atoms with Crippen LogP contribution in [0.15, 0.2) is 42.6 Å². The van der Waals surface area contributed by atoms with Gasteiger partial charge in [0, 0.05) is 31.7 Å². The number of aromatic nitrogens is 1. The number of rotatable bonds is 3. The molecule has 2 N–H and O–H groups in total. The van der Waals surface area contributed by atoms with Gasteiger partial charge in [-0.25, -0.2) is 4.98 Å². The van der Waals surface area contributed by atoms with Gasteiger partial charge in [-0.1, -0.05) is 18.2 Å². The SMILES string of the molecule is CC(=O)Nc1ccc(C(=O)N2CC(CO)Cc3ccccc32)nc1. The third-order valence-electron chi connectivity index (χ3n) is 4.04. The van der Waals surface area contributed by atoms with Crippen LogP contribution in [0.4, 0.5) is 11.4 Å². The van der Waals surface area contributed by atoms with Crippen LogP contribution in [0.3, 0.4) is 0 Å². The van der Waals surface area contributed by atoms with E-state index in [1.54, 1.807) is 17.0 Å². The van der Waals surface area contributed by atoms with Crippen LogP contribution in [0.25, 0.3) is 0 Å². The summed E-state index contributed by atoms with van der Waals surface area (Å²) in [4.78, 5) is 29.7. The zero-order valence-corrected chi connectivity index (χ0v) is 13.4. The maximum Gasteiger partial charge on any atom is 0.276 e. The Morgan fingerprint density at radius 1 is 1.29 bits per heavy atom. The third-order valence-corrected chi connectivity index (χ3v) is 4.04. The van der Waals surface area contributed by atoms with Crippen LogP contribution < -0.4 is 10.2 Å². The van der Waals surface area contributed by atoms with Gasteiger partial charge in [0.15, 0.2) is 0 Å². The summed E-state index contributed by atoms with van der Waals surface area (Å²) in [5, 5.41) is 12.1. The molecule has 0 bridgehead atoms. The highest BCUT2D eigenvalue weighted by atomic mass is 16.3. The quantitative estimate of drug-likeness (QED) is 0.902. The monoisotopic (exact) mass is 325 g/mol. The van der Waals surface area contributed by atoms with Crippen LogP contribution in [0, 0.1) is 5.92 Å². The van der Waals surface area contributed by atoms with E-state index < -0.39 is 0 Å². The first kappa shape index (κ1) is 16.1. The molecule has 1 aromatic heterocycles. The van der Waals surface area contributed by atoms with Gasteiger partial charge in [0.05, 0.1) is 11.9 Å². The van der Waals surface area contributed by atoms with Crippen molar-refractivity contribution in [2.75, 3.05) is 23.4 Å². The minimum Gasteiger partial charge on any atom is -0.396 e. The Hall–Kier alpha value is -2.73. The van der Waals surface area contributed by atoms with Gasteiger partial charge in [0.1, 0.15) is 5.69 Å². The minimum absolute atomic E-state index is 0.0162. The van der Waals surface area contributed by atoms with Gasteiger partial charge in [-0.15, -0.1) is 0 Å². The number of aliphatic hydroxyl groups excluding tert-OH is 1. The highest BCUT2D eigenvalue weighted by Crippen LogP contribution is 2.30. The number of nitrogens with zero attached hydrogens (tertiary/aromatic N) is 2. The average Bonchev–Trinajstić information content (AvgIpc) is 2.60. The van der Waals surface area contributed by atoms with Gasteiger partial charge in [-0.2, -0.15) is 0 Å². The molecule has 0 fully saturated rings. The summed E-state index contributed by atoms with van der Waals surface area (Å²) in [6.07, 6.45) is 2.22. The average molecular weight is 325 g/mol. The Morgan fingerprint density at radius 2 is 2.08 bits per heavy atom. The first-order valence-corrected chi connectivity index (χ1v) is 7.82. The smallest absolute Gasteiger partial charge is 0.276 e. The van der Waals surface area contributed by atoms with Crippen molar-refractivity contribution in [3.8, 4) is 0 Å². The lowest BCUT2D eigenvalue weighted by molar-refractivity contribution is -0.114. The second-order valence-corrected chi connectivity index (χ2v) is 5.91. The van der Waals surface area contributed by atoms with Gasteiger partial charge in [-0.05, 0) is 30.2 Å². The first-order valence-electron chi connectivity index (χ1n) is 7.82. The predicted molar refractivity (Wildman–Crippen MR) is 90.9 cm³/mol. The Bertz CT molecular complexity index is 758. The molecule has 2 aromatic rings. The van der Waals surface area contributed by atoms with Gasteiger partial charge in [0.2, 0.25) is 5.91 Å². The summed E-state index contributed by atoms with van der Waals surface area (Å²) in [6, 6.07) is 11.0. The molecule has 2 amide bonds. The second-order valence-electron chi connectivity index (χ2n) is 5.91. The first-order chi connectivity index (χ1) is 11.6. The maximum absolute atomic E-state index is 12.9. The number of para-hydroxylation sites is 1. The van der Waals surface area contributed by atoms with E-state index in [4.69, 9.17) is 0 Å². The van der Waals surface area contributed by atoms with Crippen molar-refractivity contribution in [3.05, 3.63) is 53.9 Å². The zero-order valence-electron chi connectivity index (χ0n) is 13.4. The van der Waals surface area contributed by atoms with Crippen LogP contribution >= 0.6 is 0 Å². The number of carbonyl (C=O) groups excluding carboxylic acids is 2. The van der Waals surface area contributed by atoms with E-state index in [1.807, 2.05) is 24.3 Å². The summed E-state index contributed by atoms with van der Waals surface area (Å²) in [7, 11) is 0. The number of aliphatic hydroxyl groups is 1. The molecule has 2 heterocycles. The molecule has 0 spiro atoms. The van der Waals surface area contributed by atoms with Crippen LogP contribution in [0.5, 0.6) is 0 Å². The number of nitrogens with one attached hydrogen (secondary N) is 1. The largest absolute Gasteiger partial charge is 0.396 e. The summed E-state index contributed by atoms with van der Waals surface area (Å²) in [5.41, 5.74) is 2.76. The molecule has 0 radical (unpaired) electrons. The molecule has 6 heteroatoms. The van der Waals surface area contributed by atoms with E-state index in [0.717, 1.165) is 17.7 Å². The fraction of sp³-hybridized carbons (Fsp3) is 0.278. The number of hydrogen-bond acceptors (Lipinski definition) is 4. The molecule has 1 aromatic carbocycles. The van der Waals surface area contributed by atoms with Crippen LogP contribution in [-0.2, 0) is 11.2 Å². The fourth-order valence-electron chi connectivity index (χ4n) is 2.93. The Kier molecular flexibility index (Phi) is 4.57. The zero-order chi connectivity index (χ0) is 17.1. The topological polar surface area (TPSA) is 82.5 Å². The van der Waals surface area contributed by atoms with E-state index in [2.05, 4.69) is 10.3 Å². The van der Waals surface area contributed by atoms with Gasteiger partial charge in [-0.3, -0.25) is 9.59 Å². The van der Waals surface area contributed by atoms with E-state index >= 15 is 0 Å². The molecule has 0 aliphatic carbocycles. The molecule has 124 valence electrons. The number of amides is 2. The summed E-state index contributed by atoms with van der Waals surface area (Å²) >= 11 is 0. The lowest BCUT2D eigenvalue weighted by Crippen LogP contribution is -2.41. The van der Waals surface area contributed by atoms with Crippen molar-refractivity contribution >= 4 is 23.2 Å². The number of benzene rings is 1. The summed E-state index contributed by atoms with van der Waals surface area (Å²) in [6.45, 7) is 1.91. The molecule has 1 atom stereocenters. The van der Waals surface area contributed by atoms with Crippen molar-refractivity contribution in [1.29, 1.82) is 0 Å². The summed E-state index contributed by atoms with van der Waals surface area (Å²) < 4.78 is 0. The Balaban J connectivity index is 1.87. The highest BCUT2D eigenvalue weighted by Gasteiger charge is 2.29. The molecule has 6 nitrogen and oxygen atoms in total. The van der Waals surface area contributed by atoms with E-state index in [1.165, 1.54) is 13.1 Å². The minimum atomic E-state index is -0.213. The van der Waals surface area contributed by atoms with Crippen molar-refractivity contribution < 1.29 is 14.7 Å². The molecule has 0 saturated heterocycles. The molecule has 1 unspecified atom stereocenters. The predicted octanol–water partition coefficient (Wildman–Crippen LogP) is 1.85. The second kappa shape index (κ2) is 6.80. The molecule has 0 saturated carbocycles. The van der Waals surface area contributed by atoms with Gasteiger partial charge >= 0.3 is 0 Å². The Morgan fingerprint density at radius 3 is 2.75 bits per heavy atom. The lowest BCUT2D eigenvalue weighted by Gasteiger charge is -2.33.